The van der Waals surface area contributed by atoms with Crippen molar-refractivity contribution in [1.29, 1.82) is 5.26 Å². The Hall–Kier alpha value is -1.82. The van der Waals surface area contributed by atoms with Crippen molar-refractivity contribution in [3.8, 4) is 6.07 Å². The van der Waals surface area contributed by atoms with Crippen LogP contribution in [0.5, 0.6) is 0 Å². The minimum absolute atomic E-state index is 0.0128. The molecule has 0 atom stereocenters. The lowest BCUT2D eigenvalue weighted by atomic mass is 10.0. The zero-order valence-corrected chi connectivity index (χ0v) is 8.13. The molecule has 0 amide bonds. The van der Waals surface area contributed by atoms with E-state index in [2.05, 4.69) is 0 Å². The number of halogens is 1. The van der Waals surface area contributed by atoms with Gasteiger partial charge in [-0.1, -0.05) is 6.08 Å². The van der Waals surface area contributed by atoms with E-state index in [0.717, 1.165) is 11.1 Å². The van der Waals surface area contributed by atoms with Gasteiger partial charge < -0.3 is 5.73 Å². The summed E-state index contributed by atoms with van der Waals surface area (Å²) >= 11 is 0. The quantitative estimate of drug-likeness (QED) is 0.692. The Bertz CT molecular complexity index is 428. The maximum atomic E-state index is 13.2. The molecule has 1 rings (SSSR count). The van der Waals surface area contributed by atoms with Gasteiger partial charge in [0.25, 0.3) is 0 Å². The average Bonchev–Trinajstić information content (AvgIpc) is 2.20. The van der Waals surface area contributed by atoms with Gasteiger partial charge >= 0.3 is 0 Å². The van der Waals surface area contributed by atoms with Crippen molar-refractivity contribution in [2.45, 2.75) is 13.8 Å². The first-order valence-electron chi connectivity index (χ1n) is 4.22. The van der Waals surface area contributed by atoms with Gasteiger partial charge in [-0.15, -0.1) is 0 Å². The molecule has 0 saturated heterocycles. The SMILES string of the molecule is C/C=C(\C)c1cc(N)c(F)c(C#N)c1. The van der Waals surface area contributed by atoms with Gasteiger partial charge in [0.05, 0.1) is 11.3 Å². The van der Waals surface area contributed by atoms with Crippen LogP contribution < -0.4 is 5.73 Å². The number of allylic oxidation sites excluding steroid dienone is 2. The minimum Gasteiger partial charge on any atom is -0.396 e. The van der Waals surface area contributed by atoms with Gasteiger partial charge in [0.15, 0.2) is 5.82 Å². The van der Waals surface area contributed by atoms with E-state index in [4.69, 9.17) is 11.0 Å². The molecule has 0 aliphatic rings. The summed E-state index contributed by atoms with van der Waals surface area (Å²) in [7, 11) is 0. The molecule has 1 aromatic carbocycles. The second-order valence-corrected chi connectivity index (χ2v) is 3.01. The van der Waals surface area contributed by atoms with E-state index in [1.807, 2.05) is 19.9 Å². The van der Waals surface area contributed by atoms with Crippen LogP contribution in [-0.4, -0.2) is 0 Å². The Morgan fingerprint density at radius 1 is 1.57 bits per heavy atom. The number of nitriles is 1. The lowest BCUT2D eigenvalue weighted by Gasteiger charge is -2.05. The number of rotatable bonds is 1. The Kier molecular flexibility index (Phi) is 2.88. The number of nitrogen functional groups attached to an aromatic ring is 1. The fourth-order valence-electron chi connectivity index (χ4n) is 1.12. The van der Waals surface area contributed by atoms with Gasteiger partial charge in [-0.3, -0.25) is 0 Å². The maximum Gasteiger partial charge on any atom is 0.163 e. The Morgan fingerprint density at radius 2 is 2.21 bits per heavy atom. The normalized spacial score (nSPS) is 11.1. The number of nitrogens with zero attached hydrogens (tertiary/aromatic N) is 1. The van der Waals surface area contributed by atoms with E-state index in [0.29, 0.717) is 0 Å². The van der Waals surface area contributed by atoms with E-state index in [1.54, 1.807) is 6.07 Å². The minimum atomic E-state index is -0.639. The van der Waals surface area contributed by atoms with Crippen LogP contribution in [0.2, 0.25) is 0 Å². The molecule has 0 aliphatic heterocycles. The van der Waals surface area contributed by atoms with Crippen LogP contribution in [0.1, 0.15) is 25.0 Å². The van der Waals surface area contributed by atoms with E-state index in [-0.39, 0.29) is 11.3 Å². The Balaban J connectivity index is 3.39. The van der Waals surface area contributed by atoms with Gasteiger partial charge in [0, 0.05) is 0 Å². The first-order chi connectivity index (χ1) is 6.60. The molecule has 0 saturated carbocycles. The molecule has 72 valence electrons. The van der Waals surface area contributed by atoms with Crippen LogP contribution in [0.3, 0.4) is 0 Å². The summed E-state index contributed by atoms with van der Waals surface area (Å²) < 4.78 is 13.2. The van der Waals surface area contributed by atoms with Gasteiger partial charge in [-0.2, -0.15) is 5.26 Å². The Morgan fingerprint density at radius 3 is 2.71 bits per heavy atom. The monoisotopic (exact) mass is 190 g/mol. The lowest BCUT2D eigenvalue weighted by Crippen LogP contribution is -1.96. The summed E-state index contributed by atoms with van der Waals surface area (Å²) in [4.78, 5) is 0. The third-order valence-corrected chi connectivity index (χ3v) is 2.11. The molecular weight excluding hydrogens is 179 g/mol. The number of benzene rings is 1. The second kappa shape index (κ2) is 3.93. The molecule has 0 aromatic heterocycles. The molecule has 0 spiro atoms. The zero-order valence-electron chi connectivity index (χ0n) is 8.13. The molecule has 3 heteroatoms. The molecule has 2 nitrogen and oxygen atoms in total. The molecule has 0 bridgehead atoms. The van der Waals surface area contributed by atoms with Crippen LogP contribution in [0, 0.1) is 17.1 Å². The van der Waals surface area contributed by atoms with E-state index in [1.165, 1.54) is 12.1 Å². The molecular formula is C11H11FN2. The van der Waals surface area contributed by atoms with Crippen molar-refractivity contribution >= 4 is 11.3 Å². The number of hydrogen-bond acceptors (Lipinski definition) is 2. The fraction of sp³-hybridized carbons (Fsp3) is 0.182. The molecule has 0 unspecified atom stereocenters. The average molecular weight is 190 g/mol. The van der Waals surface area contributed by atoms with E-state index >= 15 is 0 Å². The zero-order chi connectivity index (χ0) is 10.7. The number of anilines is 1. The van der Waals surface area contributed by atoms with Gasteiger partial charge in [-0.25, -0.2) is 4.39 Å². The van der Waals surface area contributed by atoms with Crippen LogP contribution in [0.4, 0.5) is 10.1 Å². The maximum absolute atomic E-state index is 13.2. The predicted molar refractivity (Wildman–Crippen MR) is 54.9 cm³/mol. The third kappa shape index (κ3) is 1.74. The first-order valence-corrected chi connectivity index (χ1v) is 4.22. The highest BCUT2D eigenvalue weighted by atomic mass is 19.1. The highest BCUT2D eigenvalue weighted by Crippen LogP contribution is 2.22. The van der Waals surface area contributed by atoms with Crippen LogP contribution in [0.25, 0.3) is 5.57 Å². The standard InChI is InChI=1S/C11H11FN2/c1-3-7(2)8-4-9(6-13)11(12)10(14)5-8/h3-5H,14H2,1-2H3/b7-3+. The molecule has 2 N–H and O–H groups in total. The Labute approximate surface area is 82.5 Å². The largest absolute Gasteiger partial charge is 0.396 e. The molecule has 0 radical (unpaired) electrons. The molecule has 0 fully saturated rings. The predicted octanol–water partition coefficient (Wildman–Crippen LogP) is 2.70. The van der Waals surface area contributed by atoms with Gasteiger partial charge in [-0.05, 0) is 37.1 Å². The van der Waals surface area contributed by atoms with Crippen molar-refractivity contribution in [3.05, 3.63) is 35.2 Å². The van der Waals surface area contributed by atoms with Crippen molar-refractivity contribution < 1.29 is 4.39 Å². The van der Waals surface area contributed by atoms with Gasteiger partial charge in [0.2, 0.25) is 0 Å². The highest BCUT2D eigenvalue weighted by molar-refractivity contribution is 5.68. The molecule has 14 heavy (non-hydrogen) atoms. The highest BCUT2D eigenvalue weighted by Gasteiger charge is 2.08. The summed E-state index contributed by atoms with van der Waals surface area (Å²) in [5, 5.41) is 8.66. The van der Waals surface area contributed by atoms with Crippen LogP contribution >= 0.6 is 0 Å². The fourth-order valence-corrected chi connectivity index (χ4v) is 1.12. The topological polar surface area (TPSA) is 49.8 Å². The van der Waals surface area contributed by atoms with Gasteiger partial charge in [0.1, 0.15) is 6.07 Å². The number of nitrogens with two attached hydrogens (primary N) is 1. The smallest absolute Gasteiger partial charge is 0.163 e. The van der Waals surface area contributed by atoms with E-state index < -0.39 is 5.82 Å². The van der Waals surface area contributed by atoms with Crippen LogP contribution in [-0.2, 0) is 0 Å². The summed E-state index contributed by atoms with van der Waals surface area (Å²) in [6.07, 6.45) is 1.88. The lowest BCUT2D eigenvalue weighted by molar-refractivity contribution is 0.628. The summed E-state index contributed by atoms with van der Waals surface area (Å²) in [6.45, 7) is 3.76. The first kappa shape index (κ1) is 10.3. The summed E-state index contributed by atoms with van der Waals surface area (Å²) in [5.41, 5.74) is 7.18. The summed E-state index contributed by atoms with van der Waals surface area (Å²) in [5.74, 6) is -0.639. The summed E-state index contributed by atoms with van der Waals surface area (Å²) in [6, 6.07) is 4.81. The van der Waals surface area contributed by atoms with Crippen LogP contribution in [0.15, 0.2) is 18.2 Å². The van der Waals surface area contributed by atoms with Crippen molar-refractivity contribution in [2.24, 2.45) is 0 Å². The number of hydrogen-bond donors (Lipinski definition) is 1. The van der Waals surface area contributed by atoms with Crippen molar-refractivity contribution in [2.75, 3.05) is 5.73 Å². The third-order valence-electron chi connectivity index (χ3n) is 2.11. The van der Waals surface area contributed by atoms with E-state index in [9.17, 15) is 4.39 Å². The van der Waals surface area contributed by atoms with Crippen molar-refractivity contribution in [3.63, 3.8) is 0 Å². The molecule has 1 aromatic rings. The van der Waals surface area contributed by atoms with Crippen molar-refractivity contribution in [1.82, 2.24) is 0 Å². The molecule has 0 heterocycles. The molecule has 0 aliphatic carbocycles. The second-order valence-electron chi connectivity index (χ2n) is 3.01.